The van der Waals surface area contributed by atoms with Crippen LogP contribution in [-0.2, 0) is 4.74 Å². The van der Waals surface area contributed by atoms with Gasteiger partial charge in [0.15, 0.2) is 0 Å². The molecule has 22 heavy (non-hydrogen) atoms. The molecule has 1 aliphatic rings. The summed E-state index contributed by atoms with van der Waals surface area (Å²) in [5, 5.41) is 0.433. The Hall–Kier alpha value is -1.99. The van der Waals surface area contributed by atoms with Crippen LogP contribution >= 0.6 is 11.6 Å². The smallest absolute Gasteiger partial charge is 0.227 e. The van der Waals surface area contributed by atoms with Crippen LogP contribution in [0.25, 0.3) is 11.3 Å². The zero-order chi connectivity index (χ0) is 15.7. The lowest BCUT2D eigenvalue weighted by atomic mass is 10.1. The summed E-state index contributed by atoms with van der Waals surface area (Å²) in [7, 11) is 0. The van der Waals surface area contributed by atoms with Crippen molar-refractivity contribution in [2.24, 2.45) is 0 Å². The predicted molar refractivity (Wildman–Crippen MR) is 85.0 cm³/mol. The molecule has 2 N–H and O–H groups in total. The fourth-order valence-electron chi connectivity index (χ4n) is 2.36. The fourth-order valence-corrected chi connectivity index (χ4v) is 2.53. The summed E-state index contributed by atoms with van der Waals surface area (Å²) in [6.45, 7) is 6.57. The summed E-state index contributed by atoms with van der Waals surface area (Å²) in [6, 6.07) is 0. The number of ether oxygens (including phenoxy) is 1. The number of nitrogen functional groups attached to an aromatic ring is 1. The maximum atomic E-state index is 6.30. The van der Waals surface area contributed by atoms with Crippen LogP contribution in [0.1, 0.15) is 11.3 Å². The molecule has 2 aromatic heterocycles. The van der Waals surface area contributed by atoms with Crippen molar-refractivity contribution in [3.8, 4) is 11.3 Å². The van der Waals surface area contributed by atoms with Crippen LogP contribution in [0.4, 0.5) is 11.9 Å². The number of aromatic nitrogens is 4. The number of halogens is 1. The highest BCUT2D eigenvalue weighted by Gasteiger charge is 2.19. The Morgan fingerprint density at radius 1 is 1.18 bits per heavy atom. The van der Waals surface area contributed by atoms with Gasteiger partial charge < -0.3 is 15.4 Å². The highest BCUT2D eigenvalue weighted by atomic mass is 35.5. The maximum absolute atomic E-state index is 6.30. The zero-order valence-electron chi connectivity index (χ0n) is 12.5. The molecule has 1 aliphatic heterocycles. The second-order valence-corrected chi connectivity index (χ2v) is 5.47. The van der Waals surface area contributed by atoms with Gasteiger partial charge in [-0.25, -0.2) is 19.9 Å². The van der Waals surface area contributed by atoms with E-state index >= 15 is 0 Å². The SMILES string of the molecule is Cc1nc(N)ncc1-c1nc(N2CCOCC2)nc(Cl)c1C. The molecule has 0 radical (unpaired) electrons. The van der Waals surface area contributed by atoms with Crippen molar-refractivity contribution < 1.29 is 4.74 Å². The summed E-state index contributed by atoms with van der Waals surface area (Å²) in [5.74, 6) is 0.845. The van der Waals surface area contributed by atoms with E-state index in [0.29, 0.717) is 24.3 Å². The van der Waals surface area contributed by atoms with Crippen molar-refractivity contribution in [3.63, 3.8) is 0 Å². The van der Waals surface area contributed by atoms with Crippen LogP contribution in [0.15, 0.2) is 6.20 Å². The van der Waals surface area contributed by atoms with Crippen molar-refractivity contribution in [2.45, 2.75) is 13.8 Å². The van der Waals surface area contributed by atoms with Gasteiger partial charge in [0.1, 0.15) is 5.15 Å². The van der Waals surface area contributed by atoms with Gasteiger partial charge in [-0.15, -0.1) is 0 Å². The van der Waals surface area contributed by atoms with E-state index < -0.39 is 0 Å². The van der Waals surface area contributed by atoms with Crippen molar-refractivity contribution in [1.82, 2.24) is 19.9 Å². The van der Waals surface area contributed by atoms with Gasteiger partial charge in [-0.05, 0) is 13.8 Å². The van der Waals surface area contributed by atoms with Crippen LogP contribution in [0, 0.1) is 13.8 Å². The minimum atomic E-state index is 0.243. The number of anilines is 2. The molecule has 0 amide bonds. The summed E-state index contributed by atoms with van der Waals surface area (Å²) < 4.78 is 5.36. The van der Waals surface area contributed by atoms with Crippen LogP contribution < -0.4 is 10.6 Å². The van der Waals surface area contributed by atoms with E-state index in [9.17, 15) is 0 Å². The Bertz CT molecular complexity index is 702. The zero-order valence-corrected chi connectivity index (χ0v) is 13.3. The molecule has 3 heterocycles. The molecule has 1 fully saturated rings. The lowest BCUT2D eigenvalue weighted by Gasteiger charge is -2.27. The van der Waals surface area contributed by atoms with Crippen molar-refractivity contribution >= 4 is 23.5 Å². The van der Waals surface area contributed by atoms with Gasteiger partial charge in [-0.1, -0.05) is 11.6 Å². The summed E-state index contributed by atoms with van der Waals surface area (Å²) in [5.41, 5.74) is 8.73. The number of nitrogens with zero attached hydrogens (tertiary/aromatic N) is 5. The third kappa shape index (κ3) is 2.82. The average molecular weight is 321 g/mol. The van der Waals surface area contributed by atoms with Crippen LogP contribution in [0.3, 0.4) is 0 Å². The molecule has 0 atom stereocenters. The van der Waals surface area contributed by atoms with Crippen LogP contribution in [0.5, 0.6) is 0 Å². The molecule has 1 saturated heterocycles. The Morgan fingerprint density at radius 2 is 1.91 bits per heavy atom. The van der Waals surface area contributed by atoms with Gasteiger partial charge in [0.05, 0.1) is 24.6 Å². The number of hydrogen-bond donors (Lipinski definition) is 1. The summed E-state index contributed by atoms with van der Waals surface area (Å²) in [6.07, 6.45) is 1.67. The second-order valence-electron chi connectivity index (χ2n) is 5.11. The third-order valence-corrected chi connectivity index (χ3v) is 3.99. The van der Waals surface area contributed by atoms with Crippen LogP contribution in [-0.4, -0.2) is 46.2 Å². The number of morpholine rings is 1. The van der Waals surface area contributed by atoms with Crippen molar-refractivity contribution in [3.05, 3.63) is 22.6 Å². The molecule has 2 aromatic rings. The molecule has 0 aliphatic carbocycles. The van der Waals surface area contributed by atoms with E-state index in [1.165, 1.54) is 0 Å². The minimum Gasteiger partial charge on any atom is -0.378 e. The Kier molecular flexibility index (Phi) is 4.08. The molecule has 0 bridgehead atoms. The van der Waals surface area contributed by atoms with Crippen LogP contribution in [0.2, 0.25) is 5.15 Å². The Morgan fingerprint density at radius 3 is 2.59 bits per heavy atom. The first-order chi connectivity index (χ1) is 10.6. The molecular weight excluding hydrogens is 304 g/mol. The molecule has 0 unspecified atom stereocenters. The molecule has 0 saturated carbocycles. The second kappa shape index (κ2) is 6.02. The van der Waals surface area contributed by atoms with E-state index in [1.807, 2.05) is 13.8 Å². The molecule has 0 aromatic carbocycles. The Balaban J connectivity index is 2.08. The molecular formula is C14H17ClN6O. The first kappa shape index (κ1) is 14.9. The standard InChI is InChI=1S/C14H17ClN6O/c1-8-11(10-7-17-13(16)18-9(10)2)19-14(20-12(8)15)21-3-5-22-6-4-21/h7H,3-6H2,1-2H3,(H2,16,17,18). The lowest BCUT2D eigenvalue weighted by Crippen LogP contribution is -2.37. The molecule has 0 spiro atoms. The normalized spacial score (nSPS) is 15.1. The summed E-state index contributed by atoms with van der Waals surface area (Å²) in [4.78, 5) is 19.4. The number of aryl methyl sites for hydroxylation is 1. The van der Waals surface area contributed by atoms with Gasteiger partial charge in [-0.2, -0.15) is 0 Å². The predicted octanol–water partition coefficient (Wildman–Crippen LogP) is 1.62. The molecule has 8 heteroatoms. The van der Waals surface area contributed by atoms with Gasteiger partial charge in [0.2, 0.25) is 11.9 Å². The first-order valence-electron chi connectivity index (χ1n) is 7.02. The third-order valence-electron chi connectivity index (χ3n) is 3.62. The van der Waals surface area contributed by atoms with E-state index in [0.717, 1.165) is 35.6 Å². The average Bonchev–Trinajstić information content (AvgIpc) is 2.51. The van der Waals surface area contributed by atoms with Gasteiger partial charge in [-0.3, -0.25) is 0 Å². The highest BCUT2D eigenvalue weighted by molar-refractivity contribution is 6.30. The van der Waals surface area contributed by atoms with E-state index in [-0.39, 0.29) is 5.95 Å². The number of nitrogens with two attached hydrogens (primary N) is 1. The molecule has 3 rings (SSSR count). The van der Waals surface area contributed by atoms with E-state index in [2.05, 4.69) is 24.8 Å². The maximum Gasteiger partial charge on any atom is 0.227 e. The topological polar surface area (TPSA) is 90.0 Å². The largest absolute Gasteiger partial charge is 0.378 e. The lowest BCUT2D eigenvalue weighted by molar-refractivity contribution is 0.122. The van der Waals surface area contributed by atoms with Crippen molar-refractivity contribution in [2.75, 3.05) is 36.9 Å². The fraction of sp³-hybridized carbons (Fsp3) is 0.429. The molecule has 116 valence electrons. The number of rotatable bonds is 2. The van der Waals surface area contributed by atoms with Crippen molar-refractivity contribution in [1.29, 1.82) is 0 Å². The minimum absolute atomic E-state index is 0.243. The number of hydrogen-bond acceptors (Lipinski definition) is 7. The first-order valence-corrected chi connectivity index (χ1v) is 7.40. The Labute approximate surface area is 133 Å². The van der Waals surface area contributed by atoms with Gasteiger partial charge in [0.25, 0.3) is 0 Å². The monoisotopic (exact) mass is 320 g/mol. The van der Waals surface area contributed by atoms with E-state index in [1.54, 1.807) is 6.20 Å². The van der Waals surface area contributed by atoms with Gasteiger partial charge >= 0.3 is 0 Å². The highest BCUT2D eigenvalue weighted by Crippen LogP contribution is 2.29. The van der Waals surface area contributed by atoms with Gasteiger partial charge in [0, 0.05) is 30.4 Å². The molecule has 7 nitrogen and oxygen atoms in total. The quantitative estimate of drug-likeness (QED) is 0.841. The van der Waals surface area contributed by atoms with E-state index in [4.69, 9.17) is 22.1 Å². The summed E-state index contributed by atoms with van der Waals surface area (Å²) >= 11 is 6.30.